The molecule has 0 fully saturated rings. The quantitative estimate of drug-likeness (QED) is 0.439. The van der Waals surface area contributed by atoms with Gasteiger partial charge in [0.25, 0.3) is 0 Å². The van der Waals surface area contributed by atoms with E-state index in [0.717, 1.165) is 16.1 Å². The zero-order valence-electron chi connectivity index (χ0n) is 13.5. The first-order valence-corrected chi connectivity index (χ1v) is 8.48. The van der Waals surface area contributed by atoms with Crippen LogP contribution in [0, 0.1) is 0 Å². The van der Waals surface area contributed by atoms with Crippen molar-refractivity contribution in [3.8, 4) is 5.75 Å². The van der Waals surface area contributed by atoms with E-state index < -0.39 is 5.97 Å². The fourth-order valence-electron chi connectivity index (χ4n) is 2.50. The van der Waals surface area contributed by atoms with Crippen molar-refractivity contribution in [1.82, 2.24) is 0 Å². The topological polar surface area (TPSA) is 65.7 Å². The van der Waals surface area contributed by atoms with Crippen LogP contribution in [0.3, 0.4) is 0 Å². The summed E-state index contributed by atoms with van der Waals surface area (Å²) in [6.07, 6.45) is 0.722. The van der Waals surface area contributed by atoms with E-state index in [1.807, 2.05) is 18.2 Å². The first-order valence-electron chi connectivity index (χ1n) is 7.69. The summed E-state index contributed by atoms with van der Waals surface area (Å²) in [5.41, 5.74) is 1.59. The largest absolute Gasteiger partial charge is 0.488 e. The highest BCUT2D eigenvalue weighted by molar-refractivity contribution is 9.10. The molecule has 1 heterocycles. The van der Waals surface area contributed by atoms with Crippen molar-refractivity contribution in [2.45, 2.75) is 13.5 Å². The Bertz CT molecular complexity index is 929. The number of esters is 1. The molecular formula is C19H15BrO5. The molecule has 5 nitrogen and oxygen atoms in total. The van der Waals surface area contributed by atoms with E-state index in [-0.39, 0.29) is 19.0 Å². The van der Waals surface area contributed by atoms with Crippen LogP contribution in [0.4, 0.5) is 0 Å². The number of furan rings is 1. The Morgan fingerprint density at radius 2 is 2.04 bits per heavy atom. The van der Waals surface area contributed by atoms with Gasteiger partial charge in [0, 0.05) is 9.86 Å². The van der Waals surface area contributed by atoms with Crippen molar-refractivity contribution >= 4 is 39.2 Å². The molecule has 0 radical (unpaired) electrons. The van der Waals surface area contributed by atoms with Crippen LogP contribution in [0.25, 0.3) is 11.0 Å². The molecule has 3 aromatic rings. The molecule has 0 bridgehead atoms. The first-order chi connectivity index (χ1) is 12.1. The maximum absolute atomic E-state index is 12.2. The zero-order chi connectivity index (χ0) is 17.8. The van der Waals surface area contributed by atoms with Crippen molar-refractivity contribution in [3.63, 3.8) is 0 Å². The van der Waals surface area contributed by atoms with E-state index in [2.05, 4.69) is 15.9 Å². The van der Waals surface area contributed by atoms with Crippen LogP contribution in [-0.4, -0.2) is 18.9 Å². The third-order valence-corrected chi connectivity index (χ3v) is 4.12. The van der Waals surface area contributed by atoms with Crippen LogP contribution < -0.4 is 4.74 Å². The predicted molar refractivity (Wildman–Crippen MR) is 96.0 cm³/mol. The predicted octanol–water partition coefficient (Wildman–Crippen LogP) is 4.76. The van der Waals surface area contributed by atoms with E-state index in [1.165, 1.54) is 0 Å². The summed E-state index contributed by atoms with van der Waals surface area (Å²) in [4.78, 5) is 23.4. The van der Waals surface area contributed by atoms with E-state index in [0.29, 0.717) is 22.5 Å². The van der Waals surface area contributed by atoms with Gasteiger partial charge in [-0.05, 0) is 31.2 Å². The summed E-state index contributed by atoms with van der Waals surface area (Å²) in [7, 11) is 0. The summed E-state index contributed by atoms with van der Waals surface area (Å²) >= 11 is 3.32. The summed E-state index contributed by atoms with van der Waals surface area (Å²) in [6, 6.07) is 12.4. The van der Waals surface area contributed by atoms with Gasteiger partial charge in [-0.15, -0.1) is 0 Å². The van der Waals surface area contributed by atoms with Crippen LogP contribution in [0.2, 0.25) is 0 Å². The van der Waals surface area contributed by atoms with Gasteiger partial charge in [0.2, 0.25) is 5.76 Å². The van der Waals surface area contributed by atoms with Crippen LogP contribution in [0.15, 0.2) is 51.4 Å². The number of carbonyl (C=O) groups excluding carboxylic acids is 2. The number of hydrogen-bond donors (Lipinski definition) is 0. The number of halogens is 1. The Hall–Kier alpha value is -2.60. The smallest absolute Gasteiger partial charge is 0.374 e. The number of rotatable bonds is 6. The lowest BCUT2D eigenvalue weighted by atomic mass is 10.1. The van der Waals surface area contributed by atoms with Gasteiger partial charge in [-0.2, -0.15) is 0 Å². The van der Waals surface area contributed by atoms with Crippen LogP contribution in [-0.2, 0) is 11.3 Å². The van der Waals surface area contributed by atoms with Gasteiger partial charge in [0.15, 0.2) is 6.29 Å². The van der Waals surface area contributed by atoms with Crippen molar-refractivity contribution < 1.29 is 23.5 Å². The van der Waals surface area contributed by atoms with Gasteiger partial charge in [0.1, 0.15) is 17.9 Å². The molecule has 0 unspecified atom stereocenters. The average Bonchev–Trinajstić information content (AvgIpc) is 2.99. The molecule has 6 heteroatoms. The molecule has 0 saturated heterocycles. The number of para-hydroxylation sites is 1. The van der Waals surface area contributed by atoms with Crippen molar-refractivity contribution in [3.05, 3.63) is 63.8 Å². The second-order valence-electron chi connectivity index (χ2n) is 5.22. The molecule has 0 saturated carbocycles. The first kappa shape index (κ1) is 17.2. The number of carbonyl (C=O) groups is 2. The molecule has 0 atom stereocenters. The highest BCUT2D eigenvalue weighted by Crippen LogP contribution is 2.29. The summed E-state index contributed by atoms with van der Waals surface area (Å²) in [5.74, 6) is 0.00909. The molecule has 128 valence electrons. The van der Waals surface area contributed by atoms with E-state index in [1.54, 1.807) is 31.2 Å². The normalized spacial score (nSPS) is 10.6. The lowest BCUT2D eigenvalue weighted by molar-refractivity contribution is 0.0488. The van der Waals surface area contributed by atoms with E-state index in [4.69, 9.17) is 13.9 Å². The Labute approximate surface area is 152 Å². The Morgan fingerprint density at radius 3 is 2.80 bits per heavy atom. The second kappa shape index (κ2) is 7.53. The Balaban J connectivity index is 1.96. The Kier molecular flexibility index (Phi) is 5.19. The number of aldehydes is 1. The molecule has 1 aromatic heterocycles. The fraction of sp³-hybridized carbons (Fsp3) is 0.158. The van der Waals surface area contributed by atoms with Gasteiger partial charge in [-0.3, -0.25) is 4.79 Å². The minimum Gasteiger partial charge on any atom is -0.488 e. The molecule has 3 rings (SSSR count). The number of hydrogen-bond acceptors (Lipinski definition) is 5. The maximum Gasteiger partial charge on any atom is 0.374 e. The van der Waals surface area contributed by atoms with Crippen LogP contribution >= 0.6 is 15.9 Å². The minimum absolute atomic E-state index is 0.0770. The van der Waals surface area contributed by atoms with Crippen molar-refractivity contribution in [2.75, 3.05) is 6.61 Å². The number of ether oxygens (including phenoxy) is 2. The van der Waals surface area contributed by atoms with Crippen LogP contribution in [0.1, 0.15) is 33.4 Å². The zero-order valence-corrected chi connectivity index (χ0v) is 15.0. The molecule has 25 heavy (non-hydrogen) atoms. The van der Waals surface area contributed by atoms with Crippen molar-refractivity contribution in [1.29, 1.82) is 0 Å². The molecular weight excluding hydrogens is 388 g/mol. The van der Waals surface area contributed by atoms with Gasteiger partial charge >= 0.3 is 5.97 Å². The standard InChI is InChI=1S/C19H15BrO5/c1-2-23-19(22)18-15(14-5-3-4-6-17(14)25-18)11-24-16-8-7-13(20)9-12(16)10-21/h3-10H,2,11H2,1H3. The molecule has 0 spiro atoms. The molecule has 2 aromatic carbocycles. The SMILES string of the molecule is CCOC(=O)c1oc2ccccc2c1COc1ccc(Br)cc1C=O. The van der Waals surface area contributed by atoms with Crippen molar-refractivity contribution in [2.24, 2.45) is 0 Å². The maximum atomic E-state index is 12.2. The van der Waals surface area contributed by atoms with Gasteiger partial charge in [-0.25, -0.2) is 4.79 Å². The Morgan fingerprint density at radius 1 is 1.24 bits per heavy atom. The number of benzene rings is 2. The molecule has 0 aliphatic heterocycles. The average molecular weight is 403 g/mol. The lowest BCUT2D eigenvalue weighted by Crippen LogP contribution is -2.08. The molecule has 0 N–H and O–H groups in total. The van der Waals surface area contributed by atoms with Gasteiger partial charge < -0.3 is 13.9 Å². The minimum atomic E-state index is -0.538. The highest BCUT2D eigenvalue weighted by atomic mass is 79.9. The summed E-state index contributed by atoms with van der Waals surface area (Å²) < 4.78 is 17.3. The summed E-state index contributed by atoms with van der Waals surface area (Å²) in [6.45, 7) is 2.06. The highest BCUT2D eigenvalue weighted by Gasteiger charge is 2.22. The number of fused-ring (bicyclic) bond motifs is 1. The molecule has 0 amide bonds. The summed E-state index contributed by atoms with van der Waals surface area (Å²) in [5, 5.41) is 0.773. The van der Waals surface area contributed by atoms with Crippen LogP contribution in [0.5, 0.6) is 5.75 Å². The fourth-order valence-corrected chi connectivity index (χ4v) is 2.88. The lowest BCUT2D eigenvalue weighted by Gasteiger charge is -2.09. The molecule has 0 aliphatic carbocycles. The van der Waals surface area contributed by atoms with Gasteiger partial charge in [0.05, 0.1) is 17.7 Å². The second-order valence-corrected chi connectivity index (χ2v) is 6.13. The third kappa shape index (κ3) is 3.58. The van der Waals surface area contributed by atoms with E-state index >= 15 is 0 Å². The monoisotopic (exact) mass is 402 g/mol. The third-order valence-electron chi connectivity index (χ3n) is 3.63. The molecule has 0 aliphatic rings. The van der Waals surface area contributed by atoms with E-state index in [9.17, 15) is 9.59 Å². The van der Waals surface area contributed by atoms with Gasteiger partial charge in [-0.1, -0.05) is 34.1 Å².